The normalized spacial score (nSPS) is 18.5. The van der Waals surface area contributed by atoms with Gasteiger partial charge >= 0.3 is 0 Å². The lowest BCUT2D eigenvalue weighted by molar-refractivity contribution is 0.0204. The van der Waals surface area contributed by atoms with Gasteiger partial charge in [-0.15, -0.1) is 0 Å². The predicted molar refractivity (Wildman–Crippen MR) is 103 cm³/mol. The molecule has 1 aromatic carbocycles. The van der Waals surface area contributed by atoms with Crippen LogP contribution < -0.4 is 14.9 Å². The van der Waals surface area contributed by atoms with Crippen LogP contribution in [0.5, 0.6) is 0 Å². The average Bonchev–Trinajstić information content (AvgIpc) is 3.42. The quantitative estimate of drug-likeness (QED) is 0.780. The smallest absolute Gasteiger partial charge is 0.240 e. The molecule has 1 aromatic heterocycles. The largest absolute Gasteiger partial charge is 0.371 e. The zero-order valence-corrected chi connectivity index (χ0v) is 16.3. The van der Waals surface area contributed by atoms with Crippen molar-refractivity contribution < 1.29 is 13.2 Å². The third-order valence-corrected chi connectivity index (χ3v) is 6.47. The third-order valence-electron chi connectivity index (χ3n) is 4.77. The fraction of sp³-hybridized carbons (Fsp3) is 0.412. The molecule has 2 aromatic rings. The summed E-state index contributed by atoms with van der Waals surface area (Å²) in [5, 5.41) is 3.58. The van der Waals surface area contributed by atoms with Crippen molar-refractivity contribution in [2.45, 2.75) is 23.3 Å². The molecule has 2 fully saturated rings. The van der Waals surface area contributed by atoms with Crippen molar-refractivity contribution in [3.05, 3.63) is 35.5 Å². The van der Waals surface area contributed by atoms with Crippen LogP contribution in [0, 0.1) is 0 Å². The summed E-state index contributed by atoms with van der Waals surface area (Å²) < 4.78 is 31.7. The fourth-order valence-electron chi connectivity index (χ4n) is 3.07. The van der Waals surface area contributed by atoms with Gasteiger partial charge in [-0.05, 0) is 44.2 Å². The maximum atomic E-state index is 11.8. The standard InChI is InChI=1S/C17H20ClN5O3S/c1-19-27(24,25)13-4-2-12(3-5-13)21-16-20-10-14(18)15(22-16)23-8-9-26-17(11-23)6-7-17/h2-5,10,19H,6-9,11H2,1H3,(H,20,21,22). The Morgan fingerprint density at radius 2 is 2.00 bits per heavy atom. The van der Waals surface area contributed by atoms with Crippen LogP contribution in [0.2, 0.25) is 5.02 Å². The van der Waals surface area contributed by atoms with Crippen LogP contribution in [0.15, 0.2) is 35.4 Å². The van der Waals surface area contributed by atoms with Crippen LogP contribution in [-0.2, 0) is 14.8 Å². The summed E-state index contributed by atoms with van der Waals surface area (Å²) in [5.74, 6) is 1.08. The first-order chi connectivity index (χ1) is 12.9. The maximum Gasteiger partial charge on any atom is 0.240 e. The van der Waals surface area contributed by atoms with Gasteiger partial charge in [-0.3, -0.25) is 0 Å². The molecule has 0 radical (unpaired) electrons. The second kappa shape index (κ2) is 6.90. The van der Waals surface area contributed by atoms with E-state index in [-0.39, 0.29) is 10.5 Å². The summed E-state index contributed by atoms with van der Waals surface area (Å²) in [6.07, 6.45) is 3.71. The topological polar surface area (TPSA) is 96.5 Å². The van der Waals surface area contributed by atoms with Crippen LogP contribution in [-0.4, -0.2) is 50.7 Å². The van der Waals surface area contributed by atoms with E-state index in [1.807, 2.05) is 0 Å². The molecule has 27 heavy (non-hydrogen) atoms. The number of anilines is 3. The molecule has 2 heterocycles. The lowest BCUT2D eigenvalue weighted by atomic mass is 10.2. The van der Waals surface area contributed by atoms with Gasteiger partial charge in [0.15, 0.2) is 5.82 Å². The van der Waals surface area contributed by atoms with E-state index in [2.05, 4.69) is 24.9 Å². The first-order valence-corrected chi connectivity index (χ1v) is 10.5. The van der Waals surface area contributed by atoms with Crippen LogP contribution in [0.4, 0.5) is 17.5 Å². The van der Waals surface area contributed by atoms with Gasteiger partial charge in [0.25, 0.3) is 0 Å². The number of nitrogens with one attached hydrogen (secondary N) is 2. The Balaban J connectivity index is 1.53. The van der Waals surface area contributed by atoms with Crippen molar-refractivity contribution >= 4 is 39.1 Å². The SMILES string of the molecule is CNS(=O)(=O)c1ccc(Nc2ncc(Cl)c(N3CCOC4(CC4)C3)n2)cc1. The van der Waals surface area contributed by atoms with E-state index in [0.29, 0.717) is 29.1 Å². The van der Waals surface area contributed by atoms with Gasteiger partial charge in [-0.2, -0.15) is 4.98 Å². The highest BCUT2D eigenvalue weighted by molar-refractivity contribution is 7.89. The molecule has 1 spiro atoms. The molecule has 0 amide bonds. The molecule has 2 N–H and O–H groups in total. The number of ether oxygens (including phenoxy) is 1. The van der Waals surface area contributed by atoms with Crippen LogP contribution in [0.3, 0.4) is 0 Å². The van der Waals surface area contributed by atoms with Gasteiger partial charge < -0.3 is 15.0 Å². The molecule has 10 heteroatoms. The molecule has 2 aliphatic rings. The van der Waals surface area contributed by atoms with Crippen LogP contribution in [0.1, 0.15) is 12.8 Å². The Labute approximate surface area is 163 Å². The lowest BCUT2D eigenvalue weighted by Crippen LogP contribution is -2.44. The van der Waals surface area contributed by atoms with Gasteiger partial charge in [0.2, 0.25) is 16.0 Å². The van der Waals surface area contributed by atoms with E-state index >= 15 is 0 Å². The first kappa shape index (κ1) is 18.4. The average molecular weight is 410 g/mol. The molecule has 0 unspecified atom stereocenters. The number of benzene rings is 1. The van der Waals surface area contributed by atoms with Crippen LogP contribution >= 0.6 is 11.6 Å². The Morgan fingerprint density at radius 1 is 1.26 bits per heavy atom. The molecule has 1 aliphatic carbocycles. The Bertz CT molecular complexity index is 948. The predicted octanol–water partition coefficient (Wildman–Crippen LogP) is 2.15. The van der Waals surface area contributed by atoms with Gasteiger partial charge in [-0.1, -0.05) is 11.6 Å². The van der Waals surface area contributed by atoms with Crippen molar-refractivity contribution in [2.75, 3.05) is 37.0 Å². The van der Waals surface area contributed by atoms with Crippen molar-refractivity contribution in [1.29, 1.82) is 0 Å². The number of nitrogens with zero attached hydrogens (tertiary/aromatic N) is 3. The van der Waals surface area contributed by atoms with Gasteiger partial charge in [0.05, 0.1) is 23.3 Å². The summed E-state index contributed by atoms with van der Waals surface area (Å²) in [7, 11) is -2.09. The minimum atomic E-state index is -3.46. The highest BCUT2D eigenvalue weighted by Crippen LogP contribution is 2.43. The van der Waals surface area contributed by atoms with Crippen molar-refractivity contribution in [2.24, 2.45) is 0 Å². The molecule has 4 rings (SSSR count). The molecule has 144 valence electrons. The zero-order valence-electron chi connectivity index (χ0n) is 14.8. The number of rotatable bonds is 5. The Hall–Kier alpha value is -1.94. The first-order valence-electron chi connectivity index (χ1n) is 8.63. The van der Waals surface area contributed by atoms with Crippen LogP contribution in [0.25, 0.3) is 0 Å². The minimum absolute atomic E-state index is 0.0330. The number of aromatic nitrogens is 2. The van der Waals surface area contributed by atoms with Gasteiger partial charge in [-0.25, -0.2) is 18.1 Å². The van der Waals surface area contributed by atoms with E-state index in [1.54, 1.807) is 18.3 Å². The van der Waals surface area contributed by atoms with Crippen molar-refractivity contribution in [3.63, 3.8) is 0 Å². The summed E-state index contributed by atoms with van der Waals surface area (Å²) in [6, 6.07) is 6.36. The summed E-state index contributed by atoms with van der Waals surface area (Å²) >= 11 is 6.32. The summed E-state index contributed by atoms with van der Waals surface area (Å²) in [5.41, 5.74) is 0.647. The lowest BCUT2D eigenvalue weighted by Gasteiger charge is -2.34. The highest BCUT2D eigenvalue weighted by Gasteiger charge is 2.48. The molecule has 8 nitrogen and oxygen atoms in total. The van der Waals surface area contributed by atoms with E-state index in [1.165, 1.54) is 19.2 Å². The number of sulfonamides is 1. The summed E-state index contributed by atoms with van der Waals surface area (Å²) in [4.78, 5) is 11.1. The molecule has 1 saturated heterocycles. The van der Waals surface area contributed by atoms with E-state index in [9.17, 15) is 8.42 Å². The van der Waals surface area contributed by atoms with Crippen molar-refractivity contribution in [1.82, 2.24) is 14.7 Å². The second-order valence-electron chi connectivity index (χ2n) is 6.68. The zero-order chi connectivity index (χ0) is 19.1. The molecule has 1 saturated carbocycles. The molecular weight excluding hydrogens is 390 g/mol. The minimum Gasteiger partial charge on any atom is -0.371 e. The Kier molecular flexibility index (Phi) is 4.71. The van der Waals surface area contributed by atoms with Gasteiger partial charge in [0.1, 0.15) is 5.02 Å². The molecule has 0 atom stereocenters. The number of hydrogen-bond donors (Lipinski definition) is 2. The van der Waals surface area contributed by atoms with E-state index in [4.69, 9.17) is 16.3 Å². The third kappa shape index (κ3) is 3.86. The maximum absolute atomic E-state index is 11.8. The van der Waals surface area contributed by atoms with Gasteiger partial charge in [0, 0.05) is 18.8 Å². The number of morpholine rings is 1. The monoisotopic (exact) mass is 409 g/mol. The molecular formula is C17H20ClN5O3S. The van der Waals surface area contributed by atoms with Crippen molar-refractivity contribution in [3.8, 4) is 0 Å². The highest BCUT2D eigenvalue weighted by atomic mass is 35.5. The molecule has 1 aliphatic heterocycles. The fourth-order valence-corrected chi connectivity index (χ4v) is 4.01. The van der Waals surface area contributed by atoms with E-state index < -0.39 is 10.0 Å². The second-order valence-corrected chi connectivity index (χ2v) is 8.97. The number of halogens is 1. The molecule has 0 bridgehead atoms. The Morgan fingerprint density at radius 3 is 2.67 bits per heavy atom. The van der Waals surface area contributed by atoms with E-state index in [0.717, 1.165) is 25.9 Å². The number of hydrogen-bond acceptors (Lipinski definition) is 7. The summed E-state index contributed by atoms with van der Waals surface area (Å²) in [6.45, 7) is 2.17.